The van der Waals surface area contributed by atoms with Gasteiger partial charge in [-0.25, -0.2) is 4.98 Å². The number of carbonyl (C=O) groups excluding carboxylic acids is 1. The van der Waals surface area contributed by atoms with Crippen LogP contribution in [0.1, 0.15) is 49.8 Å². The zero-order valence-corrected chi connectivity index (χ0v) is 18.0. The van der Waals surface area contributed by atoms with Gasteiger partial charge < -0.3 is 14.6 Å². The van der Waals surface area contributed by atoms with E-state index in [9.17, 15) is 4.79 Å². The number of benzene rings is 1. The van der Waals surface area contributed by atoms with Gasteiger partial charge in [0.2, 0.25) is 0 Å². The molecule has 2 aromatic heterocycles. The topological polar surface area (TPSA) is 56.2 Å². The number of ketones is 1. The van der Waals surface area contributed by atoms with Gasteiger partial charge in [0.05, 0.1) is 16.3 Å². The predicted octanol–water partition coefficient (Wildman–Crippen LogP) is 5.98. The molecule has 4 rings (SSSR count). The quantitative estimate of drug-likeness (QED) is 0.578. The Morgan fingerprint density at radius 1 is 1.17 bits per heavy atom. The second kappa shape index (κ2) is 7.52. The highest BCUT2D eigenvalue weighted by molar-refractivity contribution is 7.19. The standard InChI is InChI=1S/C23H25N3O2S/c1-15-21(16-7-10-18(11-8-16)28-23(2,3)4)29-22(25-15)24-14-17-9-12-20(27)19-6-5-13-26(17)19/h5-8,10-11,13-14H,9,12H2,1-4H3,(H,24,25)/b17-14-. The van der Waals surface area contributed by atoms with Gasteiger partial charge in [-0.05, 0) is 76.1 Å². The minimum absolute atomic E-state index is 0.193. The van der Waals surface area contributed by atoms with E-state index in [0.717, 1.165) is 44.8 Å². The van der Waals surface area contributed by atoms with Crippen LogP contribution in [-0.4, -0.2) is 20.9 Å². The summed E-state index contributed by atoms with van der Waals surface area (Å²) in [5, 5.41) is 4.16. The number of thiazole rings is 1. The van der Waals surface area contributed by atoms with Gasteiger partial charge in [-0.2, -0.15) is 0 Å². The Hall–Kier alpha value is -2.86. The minimum atomic E-state index is -0.212. The molecule has 0 radical (unpaired) electrons. The van der Waals surface area contributed by atoms with E-state index in [1.807, 2.05) is 68.9 Å². The first-order valence-electron chi connectivity index (χ1n) is 9.73. The van der Waals surface area contributed by atoms with E-state index < -0.39 is 0 Å². The highest BCUT2D eigenvalue weighted by Gasteiger charge is 2.20. The predicted molar refractivity (Wildman–Crippen MR) is 119 cm³/mol. The fourth-order valence-electron chi connectivity index (χ4n) is 3.39. The largest absolute Gasteiger partial charge is 0.488 e. The molecule has 1 N–H and O–H groups in total. The number of nitrogens with one attached hydrogen (secondary N) is 1. The van der Waals surface area contributed by atoms with Gasteiger partial charge in [-0.3, -0.25) is 4.79 Å². The Bertz CT molecular complexity index is 1070. The molecule has 0 unspecified atom stereocenters. The number of nitrogens with zero attached hydrogens (tertiary/aromatic N) is 2. The monoisotopic (exact) mass is 407 g/mol. The Morgan fingerprint density at radius 2 is 1.93 bits per heavy atom. The first-order valence-corrected chi connectivity index (χ1v) is 10.6. The van der Waals surface area contributed by atoms with Gasteiger partial charge in [-0.1, -0.05) is 11.3 Å². The zero-order valence-electron chi connectivity index (χ0n) is 17.2. The van der Waals surface area contributed by atoms with Crippen molar-refractivity contribution in [2.45, 2.75) is 46.1 Å². The van der Waals surface area contributed by atoms with Crippen molar-refractivity contribution in [1.82, 2.24) is 9.55 Å². The van der Waals surface area contributed by atoms with Crippen LogP contribution in [0.5, 0.6) is 5.75 Å². The van der Waals surface area contributed by atoms with Crippen molar-refractivity contribution < 1.29 is 9.53 Å². The third-order valence-corrected chi connectivity index (χ3v) is 5.79. The van der Waals surface area contributed by atoms with Gasteiger partial charge in [0.25, 0.3) is 0 Å². The number of Topliss-reactive ketones (excluding diaryl/α,β-unsaturated/α-hetero) is 1. The summed E-state index contributed by atoms with van der Waals surface area (Å²) < 4.78 is 7.86. The van der Waals surface area contributed by atoms with Crippen LogP contribution in [0, 0.1) is 6.92 Å². The number of hydrogen-bond donors (Lipinski definition) is 1. The van der Waals surface area contributed by atoms with Gasteiger partial charge >= 0.3 is 0 Å². The Balaban J connectivity index is 1.52. The van der Waals surface area contributed by atoms with Crippen LogP contribution >= 0.6 is 11.3 Å². The maximum absolute atomic E-state index is 12.0. The summed E-state index contributed by atoms with van der Waals surface area (Å²) in [7, 11) is 0. The van der Waals surface area contributed by atoms with E-state index in [0.29, 0.717) is 6.42 Å². The smallest absolute Gasteiger partial charge is 0.187 e. The van der Waals surface area contributed by atoms with Crippen molar-refractivity contribution in [1.29, 1.82) is 0 Å². The first-order chi connectivity index (χ1) is 13.8. The maximum atomic E-state index is 12.0. The number of allylic oxidation sites excluding steroid dienone is 1. The van der Waals surface area contributed by atoms with Crippen molar-refractivity contribution in [3.05, 3.63) is 60.2 Å². The second-order valence-corrected chi connectivity index (χ2v) is 9.14. The van der Waals surface area contributed by atoms with Crippen molar-refractivity contribution in [2.75, 3.05) is 5.32 Å². The summed E-state index contributed by atoms with van der Waals surface area (Å²) in [5.74, 6) is 1.05. The summed E-state index contributed by atoms with van der Waals surface area (Å²) in [6, 6.07) is 11.9. The Kier molecular flexibility index (Phi) is 5.04. The zero-order chi connectivity index (χ0) is 20.6. The van der Waals surface area contributed by atoms with Gasteiger partial charge in [-0.15, -0.1) is 0 Å². The minimum Gasteiger partial charge on any atom is -0.488 e. The highest BCUT2D eigenvalue weighted by atomic mass is 32.1. The Labute approximate surface area is 175 Å². The average Bonchev–Trinajstić information content (AvgIpc) is 3.28. The van der Waals surface area contributed by atoms with E-state index in [2.05, 4.69) is 22.4 Å². The number of fused-ring (bicyclic) bond motifs is 1. The lowest BCUT2D eigenvalue weighted by atomic mass is 10.1. The van der Waals surface area contributed by atoms with Crippen molar-refractivity contribution in [2.24, 2.45) is 0 Å². The van der Waals surface area contributed by atoms with Crippen LogP contribution in [0.25, 0.3) is 16.1 Å². The fourth-order valence-corrected chi connectivity index (χ4v) is 4.33. The summed E-state index contributed by atoms with van der Waals surface area (Å²) in [4.78, 5) is 17.8. The van der Waals surface area contributed by atoms with Crippen LogP contribution in [0.3, 0.4) is 0 Å². The molecule has 0 saturated heterocycles. The summed E-state index contributed by atoms with van der Waals surface area (Å²) >= 11 is 1.62. The van der Waals surface area contributed by atoms with Gasteiger partial charge in [0.15, 0.2) is 10.9 Å². The number of anilines is 1. The molecule has 0 bridgehead atoms. The molecule has 0 spiro atoms. The van der Waals surface area contributed by atoms with Crippen molar-refractivity contribution >= 4 is 27.9 Å². The van der Waals surface area contributed by atoms with Gasteiger partial charge in [0, 0.05) is 24.5 Å². The summed E-state index contributed by atoms with van der Waals surface area (Å²) in [6.07, 6.45) is 5.15. The molecular formula is C23H25N3O2S. The molecule has 29 heavy (non-hydrogen) atoms. The van der Waals surface area contributed by atoms with E-state index >= 15 is 0 Å². The molecule has 1 aliphatic rings. The third kappa shape index (κ3) is 4.27. The van der Waals surface area contributed by atoms with Gasteiger partial charge in [0.1, 0.15) is 11.4 Å². The molecule has 0 aliphatic carbocycles. The SMILES string of the molecule is Cc1nc(N/C=C2/CCC(=O)c3cccn32)sc1-c1ccc(OC(C)(C)C)cc1. The van der Waals surface area contributed by atoms with Crippen molar-refractivity contribution in [3.8, 4) is 16.2 Å². The van der Waals surface area contributed by atoms with Crippen molar-refractivity contribution in [3.63, 3.8) is 0 Å². The molecule has 3 aromatic rings. The van der Waals surface area contributed by atoms with E-state index in [-0.39, 0.29) is 11.4 Å². The molecule has 1 aliphatic heterocycles. The molecule has 1 aromatic carbocycles. The summed E-state index contributed by atoms with van der Waals surface area (Å²) in [5.41, 5.74) is 3.72. The number of aromatic nitrogens is 2. The molecular weight excluding hydrogens is 382 g/mol. The normalized spacial score (nSPS) is 15.4. The number of rotatable bonds is 4. The number of ether oxygens (including phenoxy) is 1. The molecule has 0 saturated carbocycles. The number of aryl methyl sites for hydroxylation is 1. The Morgan fingerprint density at radius 3 is 2.66 bits per heavy atom. The molecule has 0 amide bonds. The lowest BCUT2D eigenvalue weighted by Gasteiger charge is -2.21. The molecule has 3 heterocycles. The van der Waals surface area contributed by atoms with Crippen LogP contribution in [0.2, 0.25) is 0 Å². The lowest BCUT2D eigenvalue weighted by Crippen LogP contribution is -2.22. The average molecular weight is 408 g/mol. The van der Waals surface area contributed by atoms with Crippen LogP contribution in [0.4, 0.5) is 5.13 Å². The fraction of sp³-hybridized carbons (Fsp3) is 0.304. The molecule has 5 nitrogen and oxygen atoms in total. The van der Waals surface area contributed by atoms with Crippen LogP contribution < -0.4 is 10.1 Å². The van der Waals surface area contributed by atoms with E-state index in [4.69, 9.17) is 4.74 Å². The molecule has 0 atom stereocenters. The highest BCUT2D eigenvalue weighted by Crippen LogP contribution is 2.34. The maximum Gasteiger partial charge on any atom is 0.187 e. The lowest BCUT2D eigenvalue weighted by molar-refractivity contribution is 0.0971. The first kappa shape index (κ1) is 19.5. The third-order valence-electron chi connectivity index (χ3n) is 4.65. The molecule has 150 valence electrons. The molecule has 6 heteroatoms. The van der Waals surface area contributed by atoms with Crippen LogP contribution in [0.15, 0.2) is 48.8 Å². The second-order valence-electron chi connectivity index (χ2n) is 8.14. The number of carbonyl (C=O) groups is 1. The van der Waals surface area contributed by atoms with E-state index in [1.54, 1.807) is 11.3 Å². The summed E-state index contributed by atoms with van der Waals surface area (Å²) in [6.45, 7) is 8.14. The van der Waals surface area contributed by atoms with E-state index in [1.165, 1.54) is 0 Å². The molecule has 0 fully saturated rings. The van der Waals surface area contributed by atoms with Crippen LogP contribution in [-0.2, 0) is 0 Å². The number of hydrogen-bond acceptors (Lipinski definition) is 5.